The predicted octanol–water partition coefficient (Wildman–Crippen LogP) is 3.28. The van der Waals surface area contributed by atoms with Crippen LogP contribution in [-0.2, 0) is 4.79 Å². The van der Waals surface area contributed by atoms with Crippen LogP contribution in [0.25, 0.3) is 11.7 Å². The molecule has 1 aliphatic heterocycles. The number of carbonyl (C=O) groups is 2. The summed E-state index contributed by atoms with van der Waals surface area (Å²) in [5, 5.41) is 14.6. The van der Waals surface area contributed by atoms with Crippen molar-refractivity contribution in [3.8, 4) is 17.7 Å². The molecular formula is C24H26N6O4. The van der Waals surface area contributed by atoms with Crippen LogP contribution in [0.2, 0.25) is 0 Å². The first-order valence-electron chi connectivity index (χ1n) is 11.0. The third-order valence-electron chi connectivity index (χ3n) is 5.84. The first-order valence-corrected chi connectivity index (χ1v) is 11.0. The summed E-state index contributed by atoms with van der Waals surface area (Å²) < 4.78 is 11.1. The number of piperazine rings is 1. The number of aryl methyl sites for hydroxylation is 2. The molecule has 1 aromatic carbocycles. The zero-order chi connectivity index (χ0) is 24.2. The highest BCUT2D eigenvalue weighted by Crippen LogP contribution is 2.29. The molecule has 2 aromatic heterocycles. The number of nitriles is 1. The van der Waals surface area contributed by atoms with E-state index in [-0.39, 0.29) is 17.5 Å². The fourth-order valence-electron chi connectivity index (χ4n) is 3.91. The molecule has 0 aliphatic carbocycles. The van der Waals surface area contributed by atoms with Gasteiger partial charge in [-0.15, -0.1) is 0 Å². The summed E-state index contributed by atoms with van der Waals surface area (Å²) in [6, 6.07) is 10.1. The van der Waals surface area contributed by atoms with Crippen LogP contribution in [0.15, 0.2) is 45.4 Å². The van der Waals surface area contributed by atoms with Crippen molar-refractivity contribution in [3.63, 3.8) is 0 Å². The average molecular weight is 463 g/mol. The number of urea groups is 1. The van der Waals surface area contributed by atoms with Gasteiger partial charge < -0.3 is 19.1 Å². The molecule has 3 aromatic rings. The van der Waals surface area contributed by atoms with Crippen LogP contribution < -0.4 is 15.5 Å². The molecule has 0 radical (unpaired) electrons. The quantitative estimate of drug-likeness (QED) is 0.591. The molecule has 10 heteroatoms. The minimum atomic E-state index is -0.562. The number of nitrogens with zero attached hydrogens (tertiary/aromatic N) is 4. The summed E-state index contributed by atoms with van der Waals surface area (Å²) in [6.45, 7) is 7.81. The van der Waals surface area contributed by atoms with Gasteiger partial charge in [0.15, 0.2) is 5.76 Å². The Hall–Kier alpha value is -4.10. The largest absolute Gasteiger partial charge is 0.459 e. The van der Waals surface area contributed by atoms with E-state index in [2.05, 4.69) is 21.7 Å². The van der Waals surface area contributed by atoms with Crippen LogP contribution in [0, 0.1) is 25.2 Å². The number of furan rings is 1. The van der Waals surface area contributed by atoms with Crippen molar-refractivity contribution < 1.29 is 18.4 Å². The van der Waals surface area contributed by atoms with Crippen molar-refractivity contribution in [1.82, 2.24) is 15.2 Å². The van der Waals surface area contributed by atoms with E-state index in [1.807, 2.05) is 41.8 Å². The van der Waals surface area contributed by atoms with Crippen LogP contribution in [0.3, 0.4) is 0 Å². The molecule has 2 N–H and O–H groups in total. The molecule has 4 rings (SSSR count). The zero-order valence-electron chi connectivity index (χ0n) is 19.3. The summed E-state index contributed by atoms with van der Waals surface area (Å²) in [7, 11) is 0. The third kappa shape index (κ3) is 4.94. The van der Waals surface area contributed by atoms with Crippen molar-refractivity contribution in [2.45, 2.75) is 26.8 Å². The highest BCUT2D eigenvalue weighted by Gasteiger charge is 2.30. The van der Waals surface area contributed by atoms with E-state index >= 15 is 0 Å². The number of imide groups is 1. The van der Waals surface area contributed by atoms with Crippen molar-refractivity contribution in [2.24, 2.45) is 0 Å². The van der Waals surface area contributed by atoms with Gasteiger partial charge >= 0.3 is 6.03 Å². The Morgan fingerprint density at radius 2 is 1.94 bits per heavy atom. The van der Waals surface area contributed by atoms with E-state index in [4.69, 9.17) is 8.83 Å². The molecule has 1 aliphatic rings. The number of benzene rings is 1. The second-order valence-electron chi connectivity index (χ2n) is 8.22. The molecule has 1 unspecified atom stereocenters. The number of nitrogens with one attached hydrogen (secondary N) is 2. The third-order valence-corrected chi connectivity index (χ3v) is 5.84. The lowest BCUT2D eigenvalue weighted by molar-refractivity contribution is -0.124. The maximum atomic E-state index is 12.7. The minimum Gasteiger partial charge on any atom is -0.459 e. The van der Waals surface area contributed by atoms with Crippen LogP contribution in [0.5, 0.6) is 0 Å². The molecule has 1 fully saturated rings. The average Bonchev–Trinajstić information content (AvgIpc) is 3.50. The van der Waals surface area contributed by atoms with Crippen molar-refractivity contribution in [1.29, 1.82) is 5.26 Å². The number of amides is 3. The van der Waals surface area contributed by atoms with Crippen LogP contribution in [0.4, 0.5) is 16.4 Å². The molecule has 1 saturated heterocycles. The second kappa shape index (κ2) is 9.80. The molecule has 0 bridgehead atoms. The molecule has 0 saturated carbocycles. The second-order valence-corrected chi connectivity index (χ2v) is 8.22. The summed E-state index contributed by atoms with van der Waals surface area (Å²) in [6.07, 6.45) is 1.51. The van der Waals surface area contributed by atoms with Crippen LogP contribution >= 0.6 is 0 Å². The molecule has 3 amide bonds. The molecule has 1 atom stereocenters. The fourth-order valence-corrected chi connectivity index (χ4v) is 3.91. The van der Waals surface area contributed by atoms with Gasteiger partial charge in [-0.2, -0.15) is 10.2 Å². The summed E-state index contributed by atoms with van der Waals surface area (Å²) in [5.74, 6) is 0.707. The molecular weight excluding hydrogens is 436 g/mol. The SMILES string of the molecule is Cc1ccc(NC(=O)NC(=O)C(C)N2CCN(c3oc(-c4ccco4)nc3C#N)CC2)c(C)c1. The molecule has 34 heavy (non-hydrogen) atoms. The lowest BCUT2D eigenvalue weighted by atomic mass is 10.1. The highest BCUT2D eigenvalue weighted by atomic mass is 16.4. The van der Waals surface area contributed by atoms with Gasteiger partial charge in [0.2, 0.25) is 17.5 Å². The Kier molecular flexibility index (Phi) is 6.65. The van der Waals surface area contributed by atoms with E-state index < -0.39 is 12.1 Å². The fraction of sp³-hybridized carbons (Fsp3) is 0.333. The van der Waals surface area contributed by atoms with Gasteiger partial charge in [-0.25, -0.2) is 4.79 Å². The van der Waals surface area contributed by atoms with Crippen molar-refractivity contribution >= 4 is 23.5 Å². The number of aromatic nitrogens is 1. The van der Waals surface area contributed by atoms with Crippen molar-refractivity contribution in [3.05, 3.63) is 53.4 Å². The smallest absolute Gasteiger partial charge is 0.325 e. The molecule has 3 heterocycles. The van der Waals surface area contributed by atoms with Gasteiger partial charge in [-0.3, -0.25) is 15.0 Å². The Morgan fingerprint density at radius 3 is 2.59 bits per heavy atom. The number of hydrogen-bond donors (Lipinski definition) is 2. The summed E-state index contributed by atoms with van der Waals surface area (Å²) in [5.41, 5.74) is 2.86. The molecule has 0 spiro atoms. The number of hydrogen-bond acceptors (Lipinski definition) is 8. The molecule has 176 valence electrons. The molecule has 10 nitrogen and oxygen atoms in total. The maximum Gasteiger partial charge on any atom is 0.325 e. The van der Waals surface area contributed by atoms with Gasteiger partial charge in [-0.05, 0) is 44.5 Å². The summed E-state index contributed by atoms with van der Waals surface area (Å²) in [4.78, 5) is 33.1. The van der Waals surface area contributed by atoms with Crippen molar-refractivity contribution in [2.75, 3.05) is 36.4 Å². The summed E-state index contributed by atoms with van der Waals surface area (Å²) >= 11 is 0. The number of rotatable bonds is 5. The Balaban J connectivity index is 1.33. The van der Waals surface area contributed by atoms with E-state index in [0.29, 0.717) is 43.5 Å². The number of oxazole rings is 1. The number of carbonyl (C=O) groups excluding carboxylic acids is 2. The lowest BCUT2D eigenvalue weighted by Crippen LogP contribution is -2.55. The first-order chi connectivity index (χ1) is 16.4. The lowest BCUT2D eigenvalue weighted by Gasteiger charge is -2.37. The normalized spacial score (nSPS) is 14.9. The minimum absolute atomic E-state index is 0.189. The predicted molar refractivity (Wildman–Crippen MR) is 125 cm³/mol. The Bertz CT molecular complexity index is 1220. The van der Waals surface area contributed by atoms with Gasteiger partial charge in [0.1, 0.15) is 6.07 Å². The topological polar surface area (TPSA) is 128 Å². The number of anilines is 2. The van der Waals surface area contributed by atoms with Gasteiger partial charge in [0.05, 0.1) is 12.3 Å². The van der Waals surface area contributed by atoms with E-state index in [1.54, 1.807) is 19.1 Å². The van der Waals surface area contributed by atoms with E-state index in [9.17, 15) is 14.9 Å². The van der Waals surface area contributed by atoms with Crippen LogP contribution in [-0.4, -0.2) is 54.0 Å². The maximum absolute atomic E-state index is 12.7. The van der Waals surface area contributed by atoms with Gasteiger partial charge in [0.25, 0.3) is 5.89 Å². The standard InChI is InChI=1S/C24H26N6O4/c1-15-6-7-18(16(2)13-15)27-24(32)28-21(31)17(3)29-8-10-30(11-9-29)23-19(14-25)26-22(34-23)20-5-4-12-33-20/h4-7,12-13,17H,8-11H2,1-3H3,(H2,27,28,31,32). The van der Waals surface area contributed by atoms with E-state index in [1.165, 1.54) is 6.26 Å². The zero-order valence-corrected chi connectivity index (χ0v) is 19.3. The highest BCUT2D eigenvalue weighted by molar-refractivity contribution is 6.03. The Morgan fingerprint density at radius 1 is 1.18 bits per heavy atom. The van der Waals surface area contributed by atoms with Gasteiger partial charge in [-0.1, -0.05) is 17.7 Å². The van der Waals surface area contributed by atoms with E-state index in [0.717, 1.165) is 11.1 Å². The first kappa shape index (κ1) is 23.1. The Labute approximate surface area is 197 Å². The van der Waals surface area contributed by atoms with Crippen LogP contribution in [0.1, 0.15) is 23.7 Å². The monoisotopic (exact) mass is 462 g/mol. The van der Waals surface area contributed by atoms with Gasteiger partial charge in [0, 0.05) is 31.9 Å².